The molecule has 1 fully saturated rings. The quantitative estimate of drug-likeness (QED) is 0.471. The minimum Gasteiger partial charge on any atom is -1.00 e. The summed E-state index contributed by atoms with van der Waals surface area (Å²) in [6, 6.07) is 10.2. The summed E-state index contributed by atoms with van der Waals surface area (Å²) in [5.41, 5.74) is 1.04. The fourth-order valence-corrected chi connectivity index (χ4v) is 2.83. The van der Waals surface area contributed by atoms with Crippen LogP contribution in [0.15, 0.2) is 48.0 Å². The lowest BCUT2D eigenvalue weighted by atomic mass is 10.1. The molecule has 104 valence electrons. The topological polar surface area (TPSA) is 15.6 Å². The van der Waals surface area contributed by atoms with Crippen molar-refractivity contribution in [2.75, 3.05) is 18.8 Å². The smallest absolute Gasteiger partial charge is 0.164 e. The zero-order valence-electron chi connectivity index (χ0n) is 11.1. The van der Waals surface area contributed by atoms with Gasteiger partial charge in [0, 0.05) is 18.8 Å². The third-order valence-electron chi connectivity index (χ3n) is 2.94. The van der Waals surface area contributed by atoms with E-state index in [0.29, 0.717) is 0 Å². The van der Waals surface area contributed by atoms with Crippen LogP contribution in [0, 0.1) is 0 Å². The molecule has 0 aliphatic carbocycles. The first-order valence-electron chi connectivity index (χ1n) is 6.52. The number of para-hydroxylation sites is 1. The molecule has 0 atom stereocenters. The Bertz CT molecular complexity index is 400. The molecule has 1 aromatic rings. The summed E-state index contributed by atoms with van der Waals surface area (Å²) in [5.74, 6) is 0.919. The summed E-state index contributed by atoms with van der Waals surface area (Å²) in [5, 5.41) is 1.14. The van der Waals surface area contributed by atoms with Crippen molar-refractivity contribution in [2.45, 2.75) is 19.3 Å². The summed E-state index contributed by atoms with van der Waals surface area (Å²) in [4.78, 5) is 7.18. The molecule has 0 aromatic heterocycles. The van der Waals surface area contributed by atoms with Gasteiger partial charge in [-0.3, -0.25) is 0 Å². The number of thioether (sulfide) groups is 1. The highest BCUT2D eigenvalue weighted by Gasteiger charge is 2.14. The first-order chi connectivity index (χ1) is 8.90. The van der Waals surface area contributed by atoms with E-state index >= 15 is 0 Å². The molecule has 4 heteroatoms. The maximum Gasteiger partial charge on any atom is 0.164 e. The maximum atomic E-state index is 4.78. The average molecular weight is 296 g/mol. The number of hydrogen-bond acceptors (Lipinski definition) is 2. The Morgan fingerprint density at radius 2 is 1.89 bits per heavy atom. The number of amidine groups is 1. The van der Waals surface area contributed by atoms with Crippen LogP contribution in [0.3, 0.4) is 0 Å². The fourth-order valence-electron chi connectivity index (χ4n) is 2.03. The van der Waals surface area contributed by atoms with Gasteiger partial charge in [-0.15, -0.1) is 6.58 Å². The molecule has 0 N–H and O–H groups in total. The van der Waals surface area contributed by atoms with Crippen molar-refractivity contribution in [1.82, 2.24) is 4.90 Å². The Morgan fingerprint density at radius 3 is 2.53 bits per heavy atom. The normalized spacial score (nSPS) is 15.8. The maximum absolute atomic E-state index is 4.78. The molecule has 0 unspecified atom stereocenters. The molecule has 19 heavy (non-hydrogen) atoms. The Balaban J connectivity index is 0.00000180. The first-order valence-corrected chi connectivity index (χ1v) is 7.51. The van der Waals surface area contributed by atoms with Gasteiger partial charge in [0.2, 0.25) is 0 Å². The molecule has 2 rings (SSSR count). The summed E-state index contributed by atoms with van der Waals surface area (Å²) in [6.07, 6.45) is 5.85. The van der Waals surface area contributed by atoms with Gasteiger partial charge in [-0.2, -0.15) is 0 Å². The third kappa shape index (κ3) is 5.29. The first kappa shape index (κ1) is 16.1. The number of aliphatic imine (C=N–C) groups is 1. The van der Waals surface area contributed by atoms with Crippen molar-refractivity contribution in [3.05, 3.63) is 43.0 Å². The second-order valence-electron chi connectivity index (χ2n) is 4.38. The van der Waals surface area contributed by atoms with Crippen LogP contribution in [0.25, 0.3) is 0 Å². The van der Waals surface area contributed by atoms with Gasteiger partial charge in [-0.25, -0.2) is 4.99 Å². The molecule has 1 saturated heterocycles. The fraction of sp³-hybridized carbons (Fsp3) is 0.400. The van der Waals surface area contributed by atoms with Gasteiger partial charge in [0.15, 0.2) is 5.17 Å². The van der Waals surface area contributed by atoms with Crippen molar-refractivity contribution in [1.29, 1.82) is 0 Å². The SMILES string of the molecule is C=CCSC(=Nc1ccccc1)N1CCCCC1.[Cl-]. The van der Waals surface area contributed by atoms with E-state index in [1.165, 1.54) is 19.3 Å². The van der Waals surface area contributed by atoms with Crippen molar-refractivity contribution in [3.63, 3.8) is 0 Å². The average Bonchev–Trinajstić information content (AvgIpc) is 2.45. The summed E-state index contributed by atoms with van der Waals surface area (Å²) in [7, 11) is 0. The lowest BCUT2D eigenvalue weighted by molar-refractivity contribution is -0.00000367. The van der Waals surface area contributed by atoms with Crippen LogP contribution in [0.5, 0.6) is 0 Å². The number of halogens is 1. The summed E-state index contributed by atoms with van der Waals surface area (Å²) >= 11 is 1.78. The molecule has 0 spiro atoms. The lowest BCUT2D eigenvalue weighted by Gasteiger charge is -2.29. The summed E-state index contributed by atoms with van der Waals surface area (Å²) < 4.78 is 0. The van der Waals surface area contributed by atoms with E-state index in [4.69, 9.17) is 4.99 Å². The molecule has 1 aliphatic heterocycles. The molecular weight excluding hydrogens is 276 g/mol. The van der Waals surface area contributed by atoms with E-state index in [1.54, 1.807) is 11.8 Å². The van der Waals surface area contributed by atoms with Crippen LogP contribution in [0.2, 0.25) is 0 Å². The van der Waals surface area contributed by atoms with Gasteiger partial charge in [-0.05, 0) is 31.4 Å². The minimum absolute atomic E-state index is 0. The van der Waals surface area contributed by atoms with Gasteiger partial charge >= 0.3 is 0 Å². The number of likely N-dealkylation sites (tertiary alicyclic amines) is 1. The van der Waals surface area contributed by atoms with Gasteiger partial charge in [0.1, 0.15) is 0 Å². The predicted molar refractivity (Wildman–Crippen MR) is 81.6 cm³/mol. The second kappa shape index (κ2) is 9.05. The van der Waals surface area contributed by atoms with Crippen LogP contribution < -0.4 is 12.4 Å². The number of nitrogens with zero attached hydrogens (tertiary/aromatic N) is 2. The molecule has 2 nitrogen and oxygen atoms in total. The highest BCUT2D eigenvalue weighted by atomic mass is 35.5. The summed E-state index contributed by atoms with van der Waals surface area (Å²) in [6.45, 7) is 6.06. The standard InChI is InChI=1S/C15H20N2S.ClH/c1-2-13-18-15(17-11-7-4-8-12-17)16-14-9-5-3-6-10-14;/h2-3,5-6,9-10H,1,4,7-8,11-13H2;1H/p-1. The van der Waals surface area contributed by atoms with Crippen molar-refractivity contribution in [2.24, 2.45) is 4.99 Å². The largest absolute Gasteiger partial charge is 1.00 e. The van der Waals surface area contributed by atoms with Crippen molar-refractivity contribution in [3.8, 4) is 0 Å². The molecule has 0 saturated carbocycles. The zero-order valence-corrected chi connectivity index (χ0v) is 12.7. The van der Waals surface area contributed by atoms with Crippen LogP contribution in [0.1, 0.15) is 19.3 Å². The molecule has 1 aliphatic rings. The van der Waals surface area contributed by atoms with E-state index in [9.17, 15) is 0 Å². The number of piperidine rings is 1. The van der Waals surface area contributed by atoms with E-state index in [-0.39, 0.29) is 12.4 Å². The molecular formula is C15H20ClN2S-. The van der Waals surface area contributed by atoms with Crippen molar-refractivity contribution >= 4 is 22.6 Å². The number of hydrogen-bond donors (Lipinski definition) is 0. The van der Waals surface area contributed by atoms with Crippen LogP contribution in [-0.4, -0.2) is 28.9 Å². The Hall–Kier alpha value is -0.930. The monoisotopic (exact) mass is 295 g/mol. The van der Waals surface area contributed by atoms with E-state index in [2.05, 4.69) is 23.6 Å². The van der Waals surface area contributed by atoms with Crippen molar-refractivity contribution < 1.29 is 12.4 Å². The van der Waals surface area contributed by atoms with Crippen LogP contribution in [0.4, 0.5) is 5.69 Å². The molecule has 1 heterocycles. The Morgan fingerprint density at radius 1 is 1.21 bits per heavy atom. The van der Waals surface area contributed by atoms with Gasteiger partial charge in [-0.1, -0.05) is 36.0 Å². The highest BCUT2D eigenvalue weighted by Crippen LogP contribution is 2.20. The predicted octanol–water partition coefficient (Wildman–Crippen LogP) is 1.08. The Labute approximate surface area is 126 Å². The second-order valence-corrected chi connectivity index (χ2v) is 5.36. The van der Waals surface area contributed by atoms with E-state index in [0.717, 1.165) is 29.7 Å². The number of rotatable bonds is 3. The Kier molecular flexibility index (Phi) is 7.68. The van der Waals surface area contributed by atoms with E-state index in [1.807, 2.05) is 24.3 Å². The lowest BCUT2D eigenvalue weighted by Crippen LogP contribution is -3.00. The molecule has 1 aromatic carbocycles. The molecule has 0 bridgehead atoms. The molecule has 0 radical (unpaired) electrons. The highest BCUT2D eigenvalue weighted by molar-refractivity contribution is 8.13. The zero-order chi connectivity index (χ0) is 12.6. The minimum atomic E-state index is 0. The molecule has 0 amide bonds. The van der Waals surface area contributed by atoms with Crippen LogP contribution in [-0.2, 0) is 0 Å². The van der Waals surface area contributed by atoms with Gasteiger partial charge in [0.25, 0.3) is 0 Å². The van der Waals surface area contributed by atoms with Gasteiger partial charge < -0.3 is 17.3 Å². The van der Waals surface area contributed by atoms with E-state index < -0.39 is 0 Å². The number of benzene rings is 1. The van der Waals surface area contributed by atoms with Crippen LogP contribution >= 0.6 is 11.8 Å². The third-order valence-corrected chi connectivity index (χ3v) is 3.95. The van der Waals surface area contributed by atoms with Gasteiger partial charge in [0.05, 0.1) is 5.69 Å².